The summed E-state index contributed by atoms with van der Waals surface area (Å²) in [5.74, 6) is 0.140. The lowest BCUT2D eigenvalue weighted by Crippen LogP contribution is -2.22. The summed E-state index contributed by atoms with van der Waals surface area (Å²) in [6, 6.07) is 17.0. The Labute approximate surface area is 190 Å². The van der Waals surface area contributed by atoms with Gasteiger partial charge in [-0.05, 0) is 43.7 Å². The standard InChI is InChI=1S/C24H23N5O4/c1-3-31-19-11-15(9-10-18(19)32-13-20(26)30)22-17(12-25)23(27)33-24-21(22)14(2)28-29(24)16-7-5-4-6-8-16/h4-11,22H,3,13,27H2,1-2H3,(H2,26,30)/t22-/m1/s1. The summed E-state index contributed by atoms with van der Waals surface area (Å²) in [6.45, 7) is 3.80. The second-order valence-corrected chi connectivity index (χ2v) is 7.37. The fourth-order valence-corrected chi connectivity index (χ4v) is 3.83. The molecule has 0 aliphatic carbocycles. The number of nitrogens with zero attached hydrogens (tertiary/aromatic N) is 3. The normalized spacial score (nSPS) is 14.8. The molecule has 9 nitrogen and oxygen atoms in total. The van der Waals surface area contributed by atoms with Gasteiger partial charge in [-0.15, -0.1) is 0 Å². The highest BCUT2D eigenvalue weighted by Gasteiger charge is 2.36. The molecule has 0 bridgehead atoms. The van der Waals surface area contributed by atoms with E-state index in [1.54, 1.807) is 22.9 Å². The molecule has 2 heterocycles. The van der Waals surface area contributed by atoms with Crippen LogP contribution in [0.3, 0.4) is 0 Å². The van der Waals surface area contributed by atoms with Crippen molar-refractivity contribution in [2.45, 2.75) is 19.8 Å². The van der Waals surface area contributed by atoms with Crippen LogP contribution in [0, 0.1) is 18.3 Å². The zero-order valence-corrected chi connectivity index (χ0v) is 18.2. The van der Waals surface area contributed by atoms with Crippen LogP contribution in [0.4, 0.5) is 0 Å². The second kappa shape index (κ2) is 8.96. The molecular formula is C24H23N5O4. The molecule has 0 spiro atoms. The maximum atomic E-state index is 11.1. The van der Waals surface area contributed by atoms with Crippen LogP contribution in [0.5, 0.6) is 17.4 Å². The molecule has 0 fully saturated rings. The van der Waals surface area contributed by atoms with Gasteiger partial charge in [0.2, 0.25) is 11.8 Å². The Bertz CT molecular complexity index is 1270. The van der Waals surface area contributed by atoms with Crippen LogP contribution in [0.1, 0.15) is 29.7 Å². The highest BCUT2D eigenvalue weighted by molar-refractivity contribution is 5.75. The van der Waals surface area contributed by atoms with E-state index in [9.17, 15) is 10.1 Å². The Morgan fingerprint density at radius 3 is 2.64 bits per heavy atom. The zero-order valence-electron chi connectivity index (χ0n) is 18.2. The number of aromatic nitrogens is 2. The van der Waals surface area contributed by atoms with Crippen LogP contribution in [0.15, 0.2) is 60.0 Å². The molecule has 1 aromatic heterocycles. The number of nitriles is 1. The van der Waals surface area contributed by atoms with Crippen LogP contribution in [0.25, 0.3) is 5.69 Å². The molecule has 1 atom stereocenters. The number of carbonyl (C=O) groups excluding carboxylic acids is 1. The first kappa shape index (κ1) is 21.8. The van der Waals surface area contributed by atoms with Crippen molar-refractivity contribution in [3.63, 3.8) is 0 Å². The van der Waals surface area contributed by atoms with Crippen LogP contribution in [-0.4, -0.2) is 28.9 Å². The smallest absolute Gasteiger partial charge is 0.255 e. The third-order valence-electron chi connectivity index (χ3n) is 5.20. The molecule has 0 saturated carbocycles. The number of allylic oxidation sites excluding steroid dienone is 1. The lowest BCUT2D eigenvalue weighted by molar-refractivity contribution is -0.119. The maximum absolute atomic E-state index is 11.1. The van der Waals surface area contributed by atoms with Crippen molar-refractivity contribution in [2.24, 2.45) is 11.5 Å². The van der Waals surface area contributed by atoms with Gasteiger partial charge in [0.15, 0.2) is 18.1 Å². The average Bonchev–Trinajstić information content (AvgIpc) is 3.13. The number of carbonyl (C=O) groups is 1. The lowest BCUT2D eigenvalue weighted by Gasteiger charge is -2.25. The van der Waals surface area contributed by atoms with Crippen LogP contribution in [-0.2, 0) is 4.79 Å². The summed E-state index contributed by atoms with van der Waals surface area (Å²) in [5, 5.41) is 14.6. The first-order valence-corrected chi connectivity index (χ1v) is 10.3. The molecule has 1 aliphatic rings. The molecule has 1 aliphatic heterocycles. The minimum atomic E-state index is -0.595. The number of ether oxygens (including phenoxy) is 3. The fraction of sp³-hybridized carbons (Fsp3) is 0.208. The topological polar surface area (TPSA) is 138 Å². The van der Waals surface area contributed by atoms with Crippen molar-refractivity contribution in [3.8, 4) is 29.1 Å². The Hall–Kier alpha value is -4.45. The molecule has 0 radical (unpaired) electrons. The quantitative estimate of drug-likeness (QED) is 0.570. The molecule has 0 unspecified atom stereocenters. The maximum Gasteiger partial charge on any atom is 0.255 e. The van der Waals surface area contributed by atoms with Crippen molar-refractivity contribution >= 4 is 5.91 Å². The number of primary amides is 1. The van der Waals surface area contributed by atoms with Crippen molar-refractivity contribution in [3.05, 3.63) is 76.8 Å². The zero-order chi connectivity index (χ0) is 23.5. The van der Waals surface area contributed by atoms with E-state index < -0.39 is 11.8 Å². The molecule has 4 rings (SSSR count). The molecule has 2 aromatic carbocycles. The second-order valence-electron chi connectivity index (χ2n) is 7.37. The summed E-state index contributed by atoms with van der Waals surface area (Å²) in [5.41, 5.74) is 14.6. The van der Waals surface area contributed by atoms with Gasteiger partial charge >= 0.3 is 0 Å². The molecule has 4 N–H and O–H groups in total. The van der Waals surface area contributed by atoms with Crippen molar-refractivity contribution in [2.75, 3.05) is 13.2 Å². The fourth-order valence-electron chi connectivity index (χ4n) is 3.83. The number of nitrogens with two attached hydrogens (primary N) is 2. The van der Waals surface area contributed by atoms with Gasteiger partial charge in [-0.3, -0.25) is 4.79 Å². The van der Waals surface area contributed by atoms with Gasteiger partial charge in [0, 0.05) is 0 Å². The molecule has 0 saturated heterocycles. The summed E-state index contributed by atoms with van der Waals surface area (Å²) in [6.07, 6.45) is 0. The number of benzene rings is 2. The van der Waals surface area contributed by atoms with Crippen molar-refractivity contribution < 1.29 is 19.0 Å². The van der Waals surface area contributed by atoms with Crippen molar-refractivity contribution in [1.82, 2.24) is 9.78 Å². The molecule has 9 heteroatoms. The first-order chi connectivity index (χ1) is 15.9. The number of amides is 1. The van der Waals surface area contributed by atoms with E-state index in [4.69, 9.17) is 25.7 Å². The van der Waals surface area contributed by atoms with E-state index >= 15 is 0 Å². The third kappa shape index (κ3) is 4.06. The summed E-state index contributed by atoms with van der Waals surface area (Å²) >= 11 is 0. The number of para-hydroxylation sites is 1. The Morgan fingerprint density at radius 2 is 1.97 bits per heavy atom. The number of aryl methyl sites for hydroxylation is 1. The van der Waals surface area contributed by atoms with E-state index in [2.05, 4.69) is 11.2 Å². The number of rotatable bonds is 7. The Kier molecular flexibility index (Phi) is 5.91. The molecular weight excluding hydrogens is 422 g/mol. The minimum Gasteiger partial charge on any atom is -0.490 e. The highest BCUT2D eigenvalue weighted by atomic mass is 16.5. The number of fused-ring (bicyclic) bond motifs is 1. The summed E-state index contributed by atoms with van der Waals surface area (Å²) in [7, 11) is 0. The summed E-state index contributed by atoms with van der Waals surface area (Å²) in [4.78, 5) is 11.1. The van der Waals surface area contributed by atoms with Crippen LogP contribution >= 0.6 is 0 Å². The SMILES string of the molecule is CCOc1cc([C@@H]2C(C#N)=C(N)Oc3c2c(C)nn3-c2ccccc2)ccc1OCC(N)=O. The van der Waals surface area contributed by atoms with Crippen LogP contribution < -0.4 is 25.7 Å². The molecule has 33 heavy (non-hydrogen) atoms. The van der Waals surface area contributed by atoms with Gasteiger partial charge in [0.25, 0.3) is 5.91 Å². The third-order valence-corrected chi connectivity index (χ3v) is 5.20. The van der Waals surface area contributed by atoms with Gasteiger partial charge in [0.1, 0.15) is 11.6 Å². The number of hydrogen-bond donors (Lipinski definition) is 2. The number of hydrogen-bond acceptors (Lipinski definition) is 7. The van der Waals surface area contributed by atoms with E-state index in [1.807, 2.05) is 44.2 Å². The van der Waals surface area contributed by atoms with Gasteiger partial charge in [0.05, 0.1) is 29.5 Å². The first-order valence-electron chi connectivity index (χ1n) is 10.3. The Morgan fingerprint density at radius 1 is 1.21 bits per heavy atom. The van der Waals surface area contributed by atoms with E-state index in [-0.39, 0.29) is 18.1 Å². The molecule has 3 aromatic rings. The van der Waals surface area contributed by atoms with Crippen LogP contribution in [0.2, 0.25) is 0 Å². The predicted octanol–water partition coefficient (Wildman–Crippen LogP) is 2.66. The Balaban J connectivity index is 1.86. The van der Waals surface area contributed by atoms with Gasteiger partial charge in [-0.2, -0.15) is 10.4 Å². The van der Waals surface area contributed by atoms with Gasteiger partial charge in [-0.25, -0.2) is 4.68 Å². The highest BCUT2D eigenvalue weighted by Crippen LogP contribution is 2.46. The molecule has 168 valence electrons. The van der Waals surface area contributed by atoms with Gasteiger partial charge in [-0.1, -0.05) is 24.3 Å². The summed E-state index contributed by atoms with van der Waals surface area (Å²) < 4.78 is 18.8. The monoisotopic (exact) mass is 445 g/mol. The van der Waals surface area contributed by atoms with E-state index in [0.717, 1.165) is 16.8 Å². The molecule has 1 amide bonds. The predicted molar refractivity (Wildman–Crippen MR) is 120 cm³/mol. The minimum absolute atomic E-state index is 0.0131. The van der Waals surface area contributed by atoms with Crippen molar-refractivity contribution in [1.29, 1.82) is 5.26 Å². The largest absolute Gasteiger partial charge is 0.490 e. The van der Waals surface area contributed by atoms with E-state index in [1.165, 1.54) is 0 Å². The van der Waals surface area contributed by atoms with Gasteiger partial charge < -0.3 is 25.7 Å². The van der Waals surface area contributed by atoms with E-state index in [0.29, 0.717) is 29.7 Å². The lowest BCUT2D eigenvalue weighted by atomic mass is 9.84. The average molecular weight is 445 g/mol.